The maximum atomic E-state index is 10.8. The molecule has 7 nitrogen and oxygen atoms in total. The molecule has 1 aromatic rings. The van der Waals surface area contributed by atoms with Crippen molar-refractivity contribution in [2.45, 2.75) is 12.0 Å². The quantitative estimate of drug-likeness (QED) is 0.373. The van der Waals surface area contributed by atoms with Crippen LogP contribution in [0.25, 0.3) is 0 Å². The third-order valence-electron chi connectivity index (χ3n) is 2.22. The number of rotatable bonds is 5. The zero-order chi connectivity index (χ0) is 12.3. The van der Waals surface area contributed by atoms with Gasteiger partial charge in [-0.1, -0.05) is 0 Å². The minimum Gasteiger partial charge on any atom is -0.547 e. The van der Waals surface area contributed by atoms with Crippen LogP contribution in [0.4, 0.5) is 0 Å². The van der Waals surface area contributed by atoms with Crippen molar-refractivity contribution in [1.29, 1.82) is 0 Å². The Morgan fingerprint density at radius 2 is 1.89 bits per heavy atom. The Kier molecular flexibility index (Phi) is 8.38. The molecule has 88 valence electrons. The number of hydrogen-bond acceptors (Lipinski definition) is 6. The van der Waals surface area contributed by atoms with Gasteiger partial charge in [0.15, 0.2) is 5.60 Å². The van der Waals surface area contributed by atoms with Gasteiger partial charge in [-0.25, -0.2) is 0 Å². The topological polar surface area (TPSA) is 107 Å². The molecule has 0 aliphatic heterocycles. The molecule has 0 amide bonds. The fourth-order valence-corrected chi connectivity index (χ4v) is 1.32. The van der Waals surface area contributed by atoms with Gasteiger partial charge < -0.3 is 24.5 Å². The number of aryl methyl sites for hydroxylation is 1. The Morgan fingerprint density at radius 1 is 1.39 bits per heavy atom. The number of carbonyl (C=O) groups is 2. The average Bonchev–Trinajstić information content (AvgIpc) is 2.59. The summed E-state index contributed by atoms with van der Waals surface area (Å²) < 4.78 is 5.93. The number of aliphatic carboxylic acids is 2. The van der Waals surface area contributed by atoms with Gasteiger partial charge >= 0.3 is 37.7 Å². The monoisotopic (exact) mass is 240 g/mol. The molecule has 0 N–H and O–H groups in total. The molecule has 0 aliphatic carbocycles. The molecule has 18 heavy (non-hydrogen) atoms. The number of carboxylic acids is 2. The van der Waals surface area contributed by atoms with Crippen molar-refractivity contribution < 1.29 is 62.3 Å². The first-order chi connectivity index (χ1) is 7.42. The number of methoxy groups -OCH3 is 1. The van der Waals surface area contributed by atoms with E-state index in [0.29, 0.717) is 5.56 Å². The summed E-state index contributed by atoms with van der Waals surface area (Å²) in [6, 6.07) is 0. The van der Waals surface area contributed by atoms with Gasteiger partial charge in [0.25, 0.3) is 0 Å². The van der Waals surface area contributed by atoms with Crippen LogP contribution in [0.5, 0.6) is 0 Å². The molecule has 1 aromatic heterocycles. The molecule has 0 saturated heterocycles. The van der Waals surface area contributed by atoms with E-state index in [4.69, 9.17) is 0 Å². The van der Waals surface area contributed by atoms with E-state index in [1.165, 1.54) is 17.1 Å². The summed E-state index contributed by atoms with van der Waals surface area (Å²) in [5.74, 6) is -3.70. The first kappa shape index (κ1) is 19.6. The zero-order valence-electron chi connectivity index (χ0n) is 10.8. The van der Waals surface area contributed by atoms with Gasteiger partial charge in [-0.05, 0) is 5.56 Å². The number of ether oxygens (including phenoxy) is 1. The van der Waals surface area contributed by atoms with Crippen LogP contribution in [0.1, 0.15) is 5.56 Å². The molecule has 0 bridgehead atoms. The maximum absolute atomic E-state index is 10.8. The molecule has 9 heteroatoms. The molecule has 1 heterocycles. The van der Waals surface area contributed by atoms with Crippen molar-refractivity contribution in [3.8, 4) is 0 Å². The van der Waals surface area contributed by atoms with Crippen LogP contribution in [0.15, 0.2) is 12.4 Å². The Hall–Kier alpha value is -0.695. The Morgan fingerprint density at radius 3 is 2.17 bits per heavy atom. The van der Waals surface area contributed by atoms with Crippen molar-refractivity contribution in [1.82, 2.24) is 9.78 Å². The summed E-state index contributed by atoms with van der Waals surface area (Å²) in [5, 5.41) is 25.4. The molecule has 0 fully saturated rings. The van der Waals surface area contributed by atoms with Crippen LogP contribution in [0.2, 0.25) is 0 Å². The average molecular weight is 240 g/mol. The van der Waals surface area contributed by atoms with E-state index < -0.39 is 24.0 Å². The van der Waals surface area contributed by atoms with Gasteiger partial charge in [-0.2, -0.15) is 5.10 Å². The molecule has 0 atom stereocenters. The fourth-order valence-electron chi connectivity index (χ4n) is 1.32. The van der Waals surface area contributed by atoms with E-state index in [2.05, 4.69) is 9.84 Å². The summed E-state index contributed by atoms with van der Waals surface area (Å²) in [7, 11) is 2.60. The zero-order valence-corrected chi connectivity index (χ0v) is 10.8. The van der Waals surface area contributed by atoms with Crippen LogP contribution in [-0.4, -0.2) is 34.4 Å². The maximum Gasteiger partial charge on any atom is 1.00 e. The third-order valence-corrected chi connectivity index (χ3v) is 2.22. The number of nitrogens with zero attached hydrogens (tertiary/aromatic N) is 2. The molecular formula is C9H10Li2N2O5. The van der Waals surface area contributed by atoms with E-state index in [9.17, 15) is 19.8 Å². The standard InChI is InChI=1S/C9H12N2O5.2Li/c1-11-5-6(4-10-11)3-9(16-2,7(12)13)8(14)15;;/h4-5H,3H2,1-2H3,(H,12,13)(H,14,15);;/q;2*+1/p-2. The van der Waals surface area contributed by atoms with Gasteiger partial charge in [-0.3, -0.25) is 4.68 Å². The smallest absolute Gasteiger partial charge is 0.547 e. The second-order valence-electron chi connectivity index (χ2n) is 3.31. The second-order valence-corrected chi connectivity index (χ2v) is 3.31. The molecular weight excluding hydrogens is 230 g/mol. The largest absolute Gasteiger partial charge is 1.00 e. The Balaban J connectivity index is 0. The summed E-state index contributed by atoms with van der Waals surface area (Å²) in [5.41, 5.74) is -2.08. The van der Waals surface area contributed by atoms with Gasteiger partial charge in [0.05, 0.1) is 18.1 Å². The van der Waals surface area contributed by atoms with Crippen molar-refractivity contribution in [2.75, 3.05) is 7.11 Å². The minimum absolute atomic E-state index is 0. The molecule has 0 aromatic carbocycles. The van der Waals surface area contributed by atoms with Crippen LogP contribution in [-0.2, 0) is 27.8 Å². The minimum atomic E-state index is -2.48. The number of hydrogen-bond donors (Lipinski definition) is 0. The number of aromatic nitrogens is 2. The van der Waals surface area contributed by atoms with Gasteiger partial charge in [0.2, 0.25) is 0 Å². The SMILES string of the molecule is COC(Cc1cnn(C)c1)(C(=O)[O-])C(=O)[O-].[Li+].[Li+]. The molecule has 0 radical (unpaired) electrons. The first-order valence-corrected chi connectivity index (χ1v) is 4.38. The van der Waals surface area contributed by atoms with Crippen LogP contribution < -0.4 is 47.9 Å². The van der Waals surface area contributed by atoms with Crippen LogP contribution in [0, 0.1) is 0 Å². The van der Waals surface area contributed by atoms with Crippen molar-refractivity contribution in [2.24, 2.45) is 7.05 Å². The van der Waals surface area contributed by atoms with E-state index in [0.717, 1.165) is 7.11 Å². The van der Waals surface area contributed by atoms with Gasteiger partial charge in [0.1, 0.15) is 0 Å². The molecule has 1 rings (SSSR count). The summed E-state index contributed by atoms with van der Waals surface area (Å²) >= 11 is 0. The molecule has 0 spiro atoms. The molecule has 0 unspecified atom stereocenters. The Labute approximate surface area is 128 Å². The fraction of sp³-hybridized carbons (Fsp3) is 0.444. The van der Waals surface area contributed by atoms with E-state index in [-0.39, 0.29) is 37.7 Å². The summed E-state index contributed by atoms with van der Waals surface area (Å²) in [6.07, 6.45) is 2.43. The van der Waals surface area contributed by atoms with Crippen molar-refractivity contribution >= 4 is 11.9 Å². The van der Waals surface area contributed by atoms with Crippen molar-refractivity contribution in [3.63, 3.8) is 0 Å². The number of carbonyl (C=O) groups excluding carboxylic acids is 2. The second kappa shape index (κ2) is 7.68. The number of carboxylic acid groups (broad SMARTS) is 2. The Bertz CT molecular complexity index is 407. The van der Waals surface area contributed by atoms with Crippen molar-refractivity contribution in [3.05, 3.63) is 18.0 Å². The first-order valence-electron chi connectivity index (χ1n) is 4.38. The third kappa shape index (κ3) is 3.91. The summed E-state index contributed by atoms with van der Waals surface area (Å²) in [6.45, 7) is 0. The predicted octanol–water partition coefficient (Wildman–Crippen LogP) is -9.14. The van der Waals surface area contributed by atoms with Crippen LogP contribution >= 0.6 is 0 Å². The predicted molar refractivity (Wildman–Crippen MR) is 46.7 cm³/mol. The van der Waals surface area contributed by atoms with E-state index in [1.807, 2.05) is 0 Å². The van der Waals surface area contributed by atoms with Crippen LogP contribution in [0.3, 0.4) is 0 Å². The van der Waals surface area contributed by atoms with E-state index in [1.54, 1.807) is 7.05 Å². The van der Waals surface area contributed by atoms with E-state index >= 15 is 0 Å². The summed E-state index contributed by atoms with van der Waals surface area (Å²) in [4.78, 5) is 21.6. The molecule has 0 aliphatic rings. The van der Waals surface area contributed by atoms with Gasteiger partial charge in [0, 0.05) is 26.8 Å². The normalized spacial score (nSPS) is 10.1. The van der Waals surface area contributed by atoms with Gasteiger partial charge in [-0.15, -0.1) is 0 Å². The molecule has 0 saturated carbocycles.